The Balaban J connectivity index is 2.28. The Kier molecular flexibility index (Phi) is 5.62. The topological polar surface area (TPSA) is 15.3 Å². The van der Waals surface area contributed by atoms with Crippen LogP contribution in [0.1, 0.15) is 57.7 Å². The molecule has 1 aromatic rings. The third kappa shape index (κ3) is 3.24. The van der Waals surface area contributed by atoms with Crippen LogP contribution < -0.4 is 5.32 Å². The van der Waals surface area contributed by atoms with Crippen molar-refractivity contribution in [1.29, 1.82) is 0 Å². The number of rotatable bonds is 6. The van der Waals surface area contributed by atoms with E-state index in [1.807, 2.05) is 0 Å². The molecule has 20 heavy (non-hydrogen) atoms. The smallest absolute Gasteiger partial charge is 0.0481 e. The number of benzene rings is 1. The van der Waals surface area contributed by atoms with E-state index in [1.165, 1.54) is 30.4 Å². The summed E-state index contributed by atoms with van der Waals surface area (Å²) in [6.07, 6.45) is 3.68. The summed E-state index contributed by atoms with van der Waals surface area (Å²) in [5, 5.41) is 3.81. The molecular formula is C18H30N2. The molecule has 0 fully saturated rings. The predicted octanol–water partition coefficient (Wildman–Crippen LogP) is 3.77. The SMILES string of the molecule is CCCNC1c2ccccc2CCC1N(CC)C(C)C. The third-order valence-corrected chi connectivity index (χ3v) is 4.55. The van der Waals surface area contributed by atoms with Gasteiger partial charge in [-0.15, -0.1) is 0 Å². The summed E-state index contributed by atoms with van der Waals surface area (Å²) in [5.41, 5.74) is 3.06. The monoisotopic (exact) mass is 274 g/mol. The summed E-state index contributed by atoms with van der Waals surface area (Å²) in [4.78, 5) is 2.66. The molecule has 0 amide bonds. The molecule has 0 aliphatic heterocycles. The van der Waals surface area contributed by atoms with E-state index < -0.39 is 0 Å². The van der Waals surface area contributed by atoms with Crippen molar-refractivity contribution in [3.8, 4) is 0 Å². The molecule has 0 saturated heterocycles. The number of likely N-dealkylation sites (N-methyl/N-ethyl adjacent to an activating group) is 1. The van der Waals surface area contributed by atoms with E-state index in [0.29, 0.717) is 18.1 Å². The molecule has 1 N–H and O–H groups in total. The largest absolute Gasteiger partial charge is 0.309 e. The molecule has 0 spiro atoms. The summed E-state index contributed by atoms with van der Waals surface area (Å²) in [6.45, 7) is 11.4. The fourth-order valence-corrected chi connectivity index (χ4v) is 3.63. The molecule has 2 rings (SSSR count). The van der Waals surface area contributed by atoms with Gasteiger partial charge in [0, 0.05) is 18.1 Å². The van der Waals surface area contributed by atoms with Crippen molar-refractivity contribution in [3.05, 3.63) is 35.4 Å². The fourth-order valence-electron chi connectivity index (χ4n) is 3.63. The zero-order valence-electron chi connectivity index (χ0n) is 13.5. The van der Waals surface area contributed by atoms with Crippen molar-refractivity contribution in [2.45, 2.75) is 65.1 Å². The van der Waals surface area contributed by atoms with Crippen LogP contribution in [0.25, 0.3) is 0 Å². The Morgan fingerprint density at radius 2 is 2.00 bits per heavy atom. The first-order chi connectivity index (χ1) is 9.69. The van der Waals surface area contributed by atoms with Crippen molar-refractivity contribution in [3.63, 3.8) is 0 Å². The first-order valence-electron chi connectivity index (χ1n) is 8.25. The average Bonchev–Trinajstić information content (AvgIpc) is 2.46. The van der Waals surface area contributed by atoms with Gasteiger partial charge in [-0.3, -0.25) is 4.90 Å². The molecule has 0 aromatic heterocycles. The second kappa shape index (κ2) is 7.24. The average molecular weight is 274 g/mol. The Morgan fingerprint density at radius 1 is 1.25 bits per heavy atom. The van der Waals surface area contributed by atoms with Crippen LogP contribution >= 0.6 is 0 Å². The Labute approximate surface area is 124 Å². The zero-order chi connectivity index (χ0) is 14.5. The zero-order valence-corrected chi connectivity index (χ0v) is 13.5. The van der Waals surface area contributed by atoms with Crippen LogP contribution in [0.15, 0.2) is 24.3 Å². The summed E-state index contributed by atoms with van der Waals surface area (Å²) in [7, 11) is 0. The first kappa shape index (κ1) is 15.5. The van der Waals surface area contributed by atoms with Crippen LogP contribution in [0.4, 0.5) is 0 Å². The number of aryl methyl sites for hydroxylation is 1. The minimum atomic E-state index is 0.488. The first-order valence-corrected chi connectivity index (χ1v) is 8.25. The quantitative estimate of drug-likeness (QED) is 0.849. The van der Waals surface area contributed by atoms with Crippen LogP contribution in [0.3, 0.4) is 0 Å². The maximum Gasteiger partial charge on any atom is 0.0481 e. The van der Waals surface area contributed by atoms with Crippen LogP contribution in [-0.2, 0) is 6.42 Å². The Morgan fingerprint density at radius 3 is 2.65 bits per heavy atom. The molecule has 0 bridgehead atoms. The molecular weight excluding hydrogens is 244 g/mol. The lowest BCUT2D eigenvalue weighted by Gasteiger charge is -2.43. The van der Waals surface area contributed by atoms with Crippen LogP contribution in [0, 0.1) is 0 Å². The summed E-state index contributed by atoms with van der Waals surface area (Å²) in [6, 6.07) is 10.7. The molecule has 2 unspecified atom stereocenters. The van der Waals surface area contributed by atoms with E-state index in [0.717, 1.165) is 13.1 Å². The van der Waals surface area contributed by atoms with E-state index in [-0.39, 0.29) is 0 Å². The van der Waals surface area contributed by atoms with E-state index in [4.69, 9.17) is 0 Å². The Hall–Kier alpha value is -0.860. The van der Waals surface area contributed by atoms with Gasteiger partial charge in [0.05, 0.1) is 0 Å². The molecule has 2 nitrogen and oxygen atoms in total. The van der Waals surface area contributed by atoms with Gasteiger partial charge in [-0.1, -0.05) is 38.1 Å². The highest BCUT2D eigenvalue weighted by Gasteiger charge is 2.33. The number of nitrogens with one attached hydrogen (secondary N) is 1. The molecule has 0 radical (unpaired) electrons. The lowest BCUT2D eigenvalue weighted by atomic mass is 9.82. The number of nitrogens with zero attached hydrogens (tertiary/aromatic N) is 1. The Bertz CT molecular complexity index is 414. The van der Waals surface area contributed by atoms with Crippen LogP contribution in [-0.4, -0.2) is 30.1 Å². The predicted molar refractivity (Wildman–Crippen MR) is 87.1 cm³/mol. The number of hydrogen-bond acceptors (Lipinski definition) is 2. The molecule has 0 heterocycles. The number of fused-ring (bicyclic) bond motifs is 1. The van der Waals surface area contributed by atoms with E-state index in [9.17, 15) is 0 Å². The van der Waals surface area contributed by atoms with Crippen molar-refractivity contribution >= 4 is 0 Å². The highest BCUT2D eigenvalue weighted by atomic mass is 15.2. The van der Waals surface area contributed by atoms with Crippen molar-refractivity contribution in [2.24, 2.45) is 0 Å². The van der Waals surface area contributed by atoms with Gasteiger partial charge >= 0.3 is 0 Å². The third-order valence-electron chi connectivity index (χ3n) is 4.55. The molecule has 1 aromatic carbocycles. The van der Waals surface area contributed by atoms with Crippen molar-refractivity contribution in [1.82, 2.24) is 10.2 Å². The lowest BCUT2D eigenvalue weighted by Crippen LogP contribution is -2.50. The summed E-state index contributed by atoms with van der Waals surface area (Å²) >= 11 is 0. The maximum atomic E-state index is 3.81. The minimum absolute atomic E-state index is 0.488. The highest BCUT2D eigenvalue weighted by molar-refractivity contribution is 5.34. The van der Waals surface area contributed by atoms with Crippen molar-refractivity contribution < 1.29 is 0 Å². The fraction of sp³-hybridized carbons (Fsp3) is 0.667. The highest BCUT2D eigenvalue weighted by Crippen LogP contribution is 2.33. The van der Waals surface area contributed by atoms with Crippen molar-refractivity contribution in [2.75, 3.05) is 13.1 Å². The molecule has 2 atom stereocenters. The van der Waals surface area contributed by atoms with E-state index in [1.54, 1.807) is 0 Å². The molecule has 1 aliphatic rings. The minimum Gasteiger partial charge on any atom is -0.309 e. The normalized spacial score (nSPS) is 22.3. The van der Waals surface area contributed by atoms with Gasteiger partial charge in [0.25, 0.3) is 0 Å². The lowest BCUT2D eigenvalue weighted by molar-refractivity contribution is 0.113. The van der Waals surface area contributed by atoms with Crippen LogP contribution in [0.5, 0.6) is 0 Å². The van der Waals surface area contributed by atoms with Gasteiger partial charge in [0.15, 0.2) is 0 Å². The standard InChI is InChI=1S/C18H30N2/c1-5-13-19-18-16-10-8-7-9-15(16)11-12-17(18)20(6-2)14(3)4/h7-10,14,17-19H,5-6,11-13H2,1-4H3. The van der Waals surface area contributed by atoms with Crippen LogP contribution in [0.2, 0.25) is 0 Å². The molecule has 0 saturated carbocycles. The van der Waals surface area contributed by atoms with Gasteiger partial charge < -0.3 is 5.32 Å². The van der Waals surface area contributed by atoms with Gasteiger partial charge in [-0.2, -0.15) is 0 Å². The van der Waals surface area contributed by atoms with Gasteiger partial charge in [0.1, 0.15) is 0 Å². The summed E-state index contributed by atoms with van der Waals surface area (Å²) < 4.78 is 0. The summed E-state index contributed by atoms with van der Waals surface area (Å²) in [5.74, 6) is 0. The second-order valence-corrected chi connectivity index (χ2v) is 6.16. The van der Waals surface area contributed by atoms with E-state index >= 15 is 0 Å². The number of hydrogen-bond donors (Lipinski definition) is 1. The molecule has 2 heteroatoms. The van der Waals surface area contributed by atoms with Gasteiger partial charge in [-0.25, -0.2) is 0 Å². The molecule has 112 valence electrons. The van der Waals surface area contributed by atoms with Gasteiger partial charge in [-0.05, 0) is 57.3 Å². The second-order valence-electron chi connectivity index (χ2n) is 6.16. The van der Waals surface area contributed by atoms with Gasteiger partial charge in [0.2, 0.25) is 0 Å². The molecule has 1 aliphatic carbocycles. The maximum absolute atomic E-state index is 3.81. The van der Waals surface area contributed by atoms with E-state index in [2.05, 4.69) is 62.2 Å².